The molecule has 0 saturated heterocycles. The average molecular weight is 491 g/mol. The zero-order chi connectivity index (χ0) is 25.5. The first-order valence-electron chi connectivity index (χ1n) is 12.4. The van der Waals surface area contributed by atoms with E-state index in [0.717, 1.165) is 29.2 Å². The Labute approximate surface area is 212 Å². The van der Waals surface area contributed by atoms with E-state index in [9.17, 15) is 9.59 Å². The normalized spacial score (nSPS) is 14.6. The number of para-hydroxylation sites is 1. The second-order valence-electron chi connectivity index (χ2n) is 8.67. The molecule has 0 aliphatic carbocycles. The van der Waals surface area contributed by atoms with Gasteiger partial charge >= 0.3 is 6.03 Å². The summed E-state index contributed by atoms with van der Waals surface area (Å²) in [6.45, 7) is 6.20. The summed E-state index contributed by atoms with van der Waals surface area (Å²) < 4.78 is 13.3. The third-order valence-electron chi connectivity index (χ3n) is 6.32. The molecule has 190 valence electrons. The lowest BCUT2D eigenvalue weighted by Crippen LogP contribution is -2.49. The third kappa shape index (κ3) is 5.48. The molecule has 1 unspecified atom stereocenters. The van der Waals surface area contributed by atoms with Gasteiger partial charge in [0, 0.05) is 42.8 Å². The first-order chi connectivity index (χ1) is 17.5. The Morgan fingerprint density at radius 1 is 1.03 bits per heavy atom. The van der Waals surface area contributed by atoms with E-state index in [4.69, 9.17) is 9.47 Å². The number of nitrogens with zero attached hydrogens (tertiary/aromatic N) is 3. The van der Waals surface area contributed by atoms with Crippen molar-refractivity contribution in [3.8, 4) is 11.5 Å². The summed E-state index contributed by atoms with van der Waals surface area (Å²) in [6, 6.07) is 18.4. The Morgan fingerprint density at radius 2 is 1.81 bits per heavy atom. The van der Waals surface area contributed by atoms with Crippen molar-refractivity contribution in [1.29, 1.82) is 0 Å². The minimum Gasteiger partial charge on any atom is -0.496 e. The third-order valence-corrected chi connectivity index (χ3v) is 6.32. The van der Waals surface area contributed by atoms with Gasteiger partial charge in [0.2, 0.25) is 5.91 Å². The van der Waals surface area contributed by atoms with Gasteiger partial charge < -0.3 is 29.2 Å². The number of urea groups is 1. The maximum absolute atomic E-state index is 13.7. The topological polar surface area (TPSA) is 76.0 Å². The molecule has 8 heteroatoms. The fraction of sp³-hybridized carbons (Fsp3) is 0.357. The van der Waals surface area contributed by atoms with Crippen LogP contribution in [0.25, 0.3) is 0 Å². The van der Waals surface area contributed by atoms with Crippen LogP contribution < -0.4 is 14.8 Å². The molecule has 2 aromatic carbocycles. The molecular formula is C28H34N4O4. The van der Waals surface area contributed by atoms with Gasteiger partial charge in [-0.15, -0.1) is 0 Å². The Morgan fingerprint density at radius 3 is 2.53 bits per heavy atom. The second kappa shape index (κ2) is 11.7. The predicted octanol–water partition coefficient (Wildman–Crippen LogP) is 4.77. The van der Waals surface area contributed by atoms with Crippen molar-refractivity contribution in [2.24, 2.45) is 0 Å². The molecule has 1 N–H and O–H groups in total. The molecule has 1 aliphatic heterocycles. The molecule has 0 spiro atoms. The zero-order valence-electron chi connectivity index (χ0n) is 21.1. The molecular weight excluding hydrogens is 456 g/mol. The van der Waals surface area contributed by atoms with Crippen molar-refractivity contribution in [1.82, 2.24) is 14.4 Å². The van der Waals surface area contributed by atoms with Crippen molar-refractivity contribution in [2.45, 2.75) is 32.9 Å². The van der Waals surface area contributed by atoms with E-state index in [2.05, 4.69) is 9.88 Å². The summed E-state index contributed by atoms with van der Waals surface area (Å²) in [4.78, 5) is 30.3. The summed E-state index contributed by atoms with van der Waals surface area (Å²) in [6.07, 6.45) is 2.77. The second-order valence-corrected chi connectivity index (χ2v) is 8.67. The highest BCUT2D eigenvalue weighted by Gasteiger charge is 2.34. The molecule has 0 saturated carbocycles. The van der Waals surface area contributed by atoms with Crippen LogP contribution >= 0.6 is 0 Å². The number of hydrogen-bond donors (Lipinski definition) is 1. The van der Waals surface area contributed by atoms with Gasteiger partial charge in [0.1, 0.15) is 24.1 Å². The van der Waals surface area contributed by atoms with Gasteiger partial charge in [0.15, 0.2) is 0 Å². The number of carbonyl (C=O) groups excluding carboxylic acids is 2. The van der Waals surface area contributed by atoms with Crippen LogP contribution in [0.5, 0.6) is 11.5 Å². The molecule has 3 aromatic rings. The Hall–Kier alpha value is -3.94. The molecule has 0 radical (unpaired) electrons. The van der Waals surface area contributed by atoms with E-state index in [-0.39, 0.29) is 24.5 Å². The number of anilines is 1. The van der Waals surface area contributed by atoms with Gasteiger partial charge in [-0.1, -0.05) is 25.1 Å². The smallest absolute Gasteiger partial charge is 0.322 e. The minimum atomic E-state index is -0.302. The minimum absolute atomic E-state index is 0.0109. The van der Waals surface area contributed by atoms with E-state index in [0.29, 0.717) is 31.9 Å². The molecule has 4 rings (SSSR count). The van der Waals surface area contributed by atoms with Crippen LogP contribution in [0.3, 0.4) is 0 Å². The maximum atomic E-state index is 13.7. The SMILES string of the molecule is CCCN(CC(=O)N1CCn2cccc2C1c1ccccc1OC)C(=O)Nc1ccc(OCC)cc1. The van der Waals surface area contributed by atoms with E-state index in [1.807, 2.05) is 73.5 Å². The molecule has 1 atom stereocenters. The monoisotopic (exact) mass is 490 g/mol. The molecule has 36 heavy (non-hydrogen) atoms. The van der Waals surface area contributed by atoms with Crippen LogP contribution in [0, 0.1) is 0 Å². The number of fused-ring (bicyclic) bond motifs is 1. The van der Waals surface area contributed by atoms with Gasteiger partial charge in [-0.3, -0.25) is 4.79 Å². The predicted molar refractivity (Wildman–Crippen MR) is 139 cm³/mol. The number of amides is 3. The number of nitrogens with one attached hydrogen (secondary N) is 1. The molecule has 3 amide bonds. The summed E-state index contributed by atoms with van der Waals surface area (Å²) >= 11 is 0. The van der Waals surface area contributed by atoms with Crippen molar-refractivity contribution in [3.63, 3.8) is 0 Å². The lowest BCUT2D eigenvalue weighted by molar-refractivity contribution is -0.134. The van der Waals surface area contributed by atoms with Crippen LogP contribution in [0.2, 0.25) is 0 Å². The van der Waals surface area contributed by atoms with Crippen molar-refractivity contribution >= 4 is 17.6 Å². The van der Waals surface area contributed by atoms with Gasteiger partial charge in [0.25, 0.3) is 0 Å². The number of benzene rings is 2. The summed E-state index contributed by atoms with van der Waals surface area (Å²) in [7, 11) is 1.64. The summed E-state index contributed by atoms with van der Waals surface area (Å²) in [5.74, 6) is 1.37. The number of rotatable bonds is 9. The lowest BCUT2D eigenvalue weighted by Gasteiger charge is -2.38. The highest BCUT2D eigenvalue weighted by Crippen LogP contribution is 2.37. The van der Waals surface area contributed by atoms with Crippen LogP contribution in [0.4, 0.5) is 10.5 Å². The number of aromatic nitrogens is 1. The number of hydrogen-bond acceptors (Lipinski definition) is 4. The summed E-state index contributed by atoms with van der Waals surface area (Å²) in [5, 5.41) is 2.91. The Bertz CT molecular complexity index is 1170. The molecule has 1 aromatic heterocycles. The standard InChI is InChI=1S/C28H34N4O4/c1-4-16-31(28(34)29-21-12-14-22(15-13-21)36-5-2)20-26(33)32-19-18-30-17-8-10-24(30)27(32)23-9-6-7-11-25(23)35-3/h6-15,17,27H,4-5,16,18-20H2,1-3H3,(H,29,34). The van der Waals surface area contributed by atoms with Crippen molar-refractivity contribution in [3.05, 3.63) is 78.1 Å². The Balaban J connectivity index is 1.54. The number of carbonyl (C=O) groups is 2. The zero-order valence-corrected chi connectivity index (χ0v) is 21.1. The van der Waals surface area contributed by atoms with Crippen LogP contribution in [0.1, 0.15) is 37.6 Å². The molecule has 2 heterocycles. The van der Waals surface area contributed by atoms with Gasteiger partial charge in [-0.2, -0.15) is 0 Å². The fourth-order valence-corrected chi connectivity index (χ4v) is 4.65. The van der Waals surface area contributed by atoms with Crippen molar-refractivity contribution < 1.29 is 19.1 Å². The van der Waals surface area contributed by atoms with E-state index < -0.39 is 0 Å². The fourth-order valence-electron chi connectivity index (χ4n) is 4.65. The maximum Gasteiger partial charge on any atom is 0.322 e. The highest BCUT2D eigenvalue weighted by atomic mass is 16.5. The van der Waals surface area contributed by atoms with Gasteiger partial charge in [-0.05, 0) is 55.8 Å². The summed E-state index contributed by atoms with van der Waals surface area (Å²) in [5.41, 5.74) is 2.61. The quantitative estimate of drug-likeness (QED) is 0.469. The Kier molecular flexibility index (Phi) is 8.15. The first kappa shape index (κ1) is 25.2. The van der Waals surface area contributed by atoms with E-state index in [1.54, 1.807) is 24.1 Å². The van der Waals surface area contributed by atoms with E-state index >= 15 is 0 Å². The van der Waals surface area contributed by atoms with Crippen LogP contribution in [-0.4, -0.2) is 59.7 Å². The average Bonchev–Trinajstić information content (AvgIpc) is 3.38. The molecule has 0 fully saturated rings. The van der Waals surface area contributed by atoms with Gasteiger partial charge in [0.05, 0.1) is 13.7 Å². The lowest BCUT2D eigenvalue weighted by atomic mass is 9.98. The molecule has 0 bridgehead atoms. The first-order valence-corrected chi connectivity index (χ1v) is 12.4. The van der Waals surface area contributed by atoms with Crippen LogP contribution in [0.15, 0.2) is 66.9 Å². The highest BCUT2D eigenvalue weighted by molar-refractivity contribution is 5.92. The van der Waals surface area contributed by atoms with Gasteiger partial charge in [-0.25, -0.2) is 4.79 Å². The molecule has 8 nitrogen and oxygen atoms in total. The number of ether oxygens (including phenoxy) is 2. The largest absolute Gasteiger partial charge is 0.496 e. The molecule has 1 aliphatic rings. The number of methoxy groups -OCH3 is 1. The van der Waals surface area contributed by atoms with Crippen molar-refractivity contribution in [2.75, 3.05) is 38.7 Å². The van der Waals surface area contributed by atoms with E-state index in [1.165, 1.54) is 0 Å². The van der Waals surface area contributed by atoms with Crippen LogP contribution in [-0.2, 0) is 11.3 Å².